The average molecular weight is 369 g/mol. The quantitative estimate of drug-likeness (QED) is 0.765. The highest BCUT2D eigenvalue weighted by Gasteiger charge is 2.20. The van der Waals surface area contributed by atoms with Crippen LogP contribution in [0.15, 0.2) is 36.9 Å². The van der Waals surface area contributed by atoms with Crippen molar-refractivity contribution >= 4 is 28.8 Å². The molecule has 1 aromatic carbocycles. The van der Waals surface area contributed by atoms with Crippen LogP contribution in [0, 0.1) is 0 Å². The summed E-state index contributed by atoms with van der Waals surface area (Å²) in [7, 11) is 0. The predicted molar refractivity (Wildman–Crippen MR) is 104 cm³/mol. The number of benzene rings is 1. The van der Waals surface area contributed by atoms with E-state index in [1.165, 1.54) is 29.5 Å². The lowest BCUT2D eigenvalue weighted by molar-refractivity contribution is -0.121. The van der Waals surface area contributed by atoms with Crippen molar-refractivity contribution in [3.8, 4) is 0 Å². The fraction of sp³-hybridized carbons (Fsp3) is 0.350. The van der Waals surface area contributed by atoms with E-state index >= 15 is 0 Å². The van der Waals surface area contributed by atoms with Gasteiger partial charge in [0.05, 0.1) is 18.2 Å². The largest absolute Gasteiger partial charge is 0.347 e. The van der Waals surface area contributed by atoms with Crippen molar-refractivity contribution in [1.82, 2.24) is 10.3 Å². The molecule has 6 heteroatoms. The number of amides is 2. The zero-order chi connectivity index (χ0) is 18.5. The van der Waals surface area contributed by atoms with Crippen molar-refractivity contribution in [2.75, 3.05) is 5.32 Å². The number of hydrogen-bond donors (Lipinski definition) is 2. The highest BCUT2D eigenvalue weighted by Crippen LogP contribution is 2.29. The Hall–Kier alpha value is -2.47. The lowest BCUT2D eigenvalue weighted by Crippen LogP contribution is -2.28. The monoisotopic (exact) mass is 369 g/mol. The Bertz CT molecular complexity index is 805. The molecule has 1 atom stereocenters. The third kappa shape index (κ3) is 4.38. The molecule has 0 bridgehead atoms. The van der Waals surface area contributed by atoms with Crippen LogP contribution in [0.4, 0.5) is 5.69 Å². The summed E-state index contributed by atoms with van der Waals surface area (Å²) in [5, 5.41) is 6.73. The number of fused-ring (bicyclic) bond motifs is 1. The van der Waals surface area contributed by atoms with Crippen molar-refractivity contribution in [2.45, 2.75) is 45.1 Å². The van der Waals surface area contributed by atoms with Crippen LogP contribution in [-0.2, 0) is 28.9 Å². The smallest absolute Gasteiger partial charge is 0.247 e. The van der Waals surface area contributed by atoms with Gasteiger partial charge in [-0.25, -0.2) is 4.98 Å². The number of para-hydroxylation sites is 1. The van der Waals surface area contributed by atoms with E-state index in [1.54, 1.807) is 17.4 Å². The standard InChI is InChI=1S/C20H23N3O2S/c1-3-18(24)22-15-9-5-4-8-14(15)12-19(25)21-13(2)20-23-16-10-6-7-11-17(16)26-20/h3-5,8-9,13H,1,6-7,10-12H2,2H3,(H,21,25)(H,22,24). The van der Waals surface area contributed by atoms with E-state index in [2.05, 4.69) is 17.2 Å². The molecular formula is C20H23N3O2S. The number of nitrogens with zero attached hydrogens (tertiary/aromatic N) is 1. The van der Waals surface area contributed by atoms with E-state index in [-0.39, 0.29) is 24.3 Å². The molecule has 1 unspecified atom stereocenters. The first-order valence-corrected chi connectivity index (χ1v) is 9.67. The van der Waals surface area contributed by atoms with Crippen LogP contribution in [0.2, 0.25) is 0 Å². The van der Waals surface area contributed by atoms with Gasteiger partial charge in [-0.3, -0.25) is 9.59 Å². The fourth-order valence-electron chi connectivity index (χ4n) is 3.06. The Morgan fingerprint density at radius 1 is 1.31 bits per heavy atom. The molecule has 2 amide bonds. The summed E-state index contributed by atoms with van der Waals surface area (Å²) >= 11 is 1.71. The van der Waals surface area contributed by atoms with E-state index in [1.807, 2.05) is 25.1 Å². The summed E-state index contributed by atoms with van der Waals surface area (Å²) in [6.07, 6.45) is 5.98. The summed E-state index contributed by atoms with van der Waals surface area (Å²) < 4.78 is 0. The number of thiazole rings is 1. The van der Waals surface area contributed by atoms with Crippen LogP contribution in [0.5, 0.6) is 0 Å². The number of aryl methyl sites for hydroxylation is 2. The van der Waals surface area contributed by atoms with E-state index in [0.29, 0.717) is 5.69 Å². The molecule has 1 heterocycles. The van der Waals surface area contributed by atoms with Gasteiger partial charge in [0.1, 0.15) is 5.01 Å². The summed E-state index contributed by atoms with van der Waals surface area (Å²) in [6, 6.07) is 7.17. The van der Waals surface area contributed by atoms with Crippen molar-refractivity contribution < 1.29 is 9.59 Å². The van der Waals surface area contributed by atoms with Gasteiger partial charge in [0, 0.05) is 10.6 Å². The highest BCUT2D eigenvalue weighted by atomic mass is 32.1. The number of rotatable bonds is 6. The van der Waals surface area contributed by atoms with E-state index in [0.717, 1.165) is 23.4 Å². The van der Waals surface area contributed by atoms with Crippen LogP contribution < -0.4 is 10.6 Å². The van der Waals surface area contributed by atoms with Gasteiger partial charge in [-0.2, -0.15) is 0 Å². The number of anilines is 1. The fourth-order valence-corrected chi connectivity index (χ4v) is 4.22. The zero-order valence-electron chi connectivity index (χ0n) is 14.9. The van der Waals surface area contributed by atoms with Crippen molar-refractivity contribution in [2.24, 2.45) is 0 Å². The third-order valence-electron chi connectivity index (χ3n) is 4.42. The number of aromatic nitrogens is 1. The van der Waals surface area contributed by atoms with Gasteiger partial charge >= 0.3 is 0 Å². The van der Waals surface area contributed by atoms with Crippen LogP contribution in [0.25, 0.3) is 0 Å². The van der Waals surface area contributed by atoms with Crippen LogP contribution in [-0.4, -0.2) is 16.8 Å². The first kappa shape index (κ1) is 18.3. The topological polar surface area (TPSA) is 71.1 Å². The molecule has 136 valence electrons. The molecule has 5 nitrogen and oxygen atoms in total. The minimum absolute atomic E-state index is 0.0917. The van der Waals surface area contributed by atoms with Crippen molar-refractivity contribution in [3.05, 3.63) is 58.1 Å². The summed E-state index contributed by atoms with van der Waals surface area (Å²) in [5.41, 5.74) is 2.60. The van der Waals surface area contributed by atoms with E-state index in [9.17, 15) is 9.59 Å². The maximum atomic E-state index is 12.5. The van der Waals surface area contributed by atoms with Gasteiger partial charge in [-0.15, -0.1) is 11.3 Å². The normalized spacial score (nSPS) is 14.2. The maximum absolute atomic E-state index is 12.5. The van der Waals surface area contributed by atoms with Gasteiger partial charge in [0.2, 0.25) is 11.8 Å². The number of carbonyl (C=O) groups is 2. The third-order valence-corrected chi connectivity index (χ3v) is 5.76. The highest BCUT2D eigenvalue weighted by molar-refractivity contribution is 7.11. The molecule has 1 aliphatic rings. The van der Waals surface area contributed by atoms with Crippen LogP contribution >= 0.6 is 11.3 Å². The van der Waals surface area contributed by atoms with E-state index in [4.69, 9.17) is 4.98 Å². The van der Waals surface area contributed by atoms with Gasteiger partial charge in [0.15, 0.2) is 0 Å². The average Bonchev–Trinajstić information content (AvgIpc) is 3.07. The lowest BCUT2D eigenvalue weighted by atomic mass is 10.0. The van der Waals surface area contributed by atoms with Gasteiger partial charge in [-0.1, -0.05) is 24.8 Å². The second-order valence-corrected chi connectivity index (χ2v) is 7.56. The minimum Gasteiger partial charge on any atom is -0.347 e. The number of nitrogens with one attached hydrogen (secondary N) is 2. The first-order chi connectivity index (χ1) is 12.6. The van der Waals surface area contributed by atoms with Crippen LogP contribution in [0.1, 0.15) is 46.9 Å². The molecule has 0 radical (unpaired) electrons. The summed E-state index contributed by atoms with van der Waals surface area (Å²) in [6.45, 7) is 5.42. The Morgan fingerprint density at radius 2 is 2.08 bits per heavy atom. The summed E-state index contributed by atoms with van der Waals surface area (Å²) in [4.78, 5) is 30.1. The Balaban J connectivity index is 1.64. The maximum Gasteiger partial charge on any atom is 0.247 e. The van der Waals surface area contributed by atoms with E-state index < -0.39 is 0 Å². The zero-order valence-corrected chi connectivity index (χ0v) is 15.7. The second-order valence-electron chi connectivity index (χ2n) is 6.45. The molecule has 2 aromatic rings. The van der Waals surface area contributed by atoms with Crippen molar-refractivity contribution in [1.29, 1.82) is 0 Å². The minimum atomic E-state index is -0.292. The lowest BCUT2D eigenvalue weighted by Gasteiger charge is -2.13. The Kier molecular flexibility index (Phi) is 5.83. The number of hydrogen-bond acceptors (Lipinski definition) is 4. The molecule has 0 spiro atoms. The SMILES string of the molecule is C=CC(=O)Nc1ccccc1CC(=O)NC(C)c1nc2c(s1)CCCC2. The molecular weight excluding hydrogens is 346 g/mol. The molecule has 0 aliphatic heterocycles. The molecule has 1 aromatic heterocycles. The first-order valence-electron chi connectivity index (χ1n) is 8.86. The molecule has 1 aliphatic carbocycles. The molecule has 0 saturated heterocycles. The molecule has 3 rings (SSSR count). The van der Waals surface area contributed by atoms with Crippen LogP contribution in [0.3, 0.4) is 0 Å². The Labute approximate surface area is 157 Å². The van der Waals surface area contributed by atoms with Crippen molar-refractivity contribution in [3.63, 3.8) is 0 Å². The Morgan fingerprint density at radius 3 is 2.85 bits per heavy atom. The number of carbonyl (C=O) groups excluding carboxylic acids is 2. The van der Waals surface area contributed by atoms with Gasteiger partial charge in [0.25, 0.3) is 0 Å². The summed E-state index contributed by atoms with van der Waals surface area (Å²) in [5.74, 6) is -0.384. The van der Waals surface area contributed by atoms with Gasteiger partial charge < -0.3 is 10.6 Å². The molecule has 2 N–H and O–H groups in total. The predicted octanol–water partition coefficient (Wildman–Crippen LogP) is 3.57. The van der Waals surface area contributed by atoms with Gasteiger partial charge in [-0.05, 0) is 50.3 Å². The second kappa shape index (κ2) is 8.27. The molecule has 0 fully saturated rings. The molecule has 0 saturated carbocycles. The molecule has 26 heavy (non-hydrogen) atoms.